The highest BCUT2D eigenvalue weighted by molar-refractivity contribution is 7.92. The van der Waals surface area contributed by atoms with Gasteiger partial charge >= 0.3 is 0 Å². The monoisotopic (exact) mass is 730 g/mol. The van der Waals surface area contributed by atoms with Crippen LogP contribution in [0.3, 0.4) is 0 Å². The molecule has 5 aromatic rings. The van der Waals surface area contributed by atoms with E-state index in [0.29, 0.717) is 42.2 Å². The molecule has 276 valence electrons. The highest BCUT2D eigenvalue weighted by Crippen LogP contribution is 2.58. The van der Waals surface area contributed by atoms with Crippen LogP contribution in [0.25, 0.3) is 5.57 Å². The van der Waals surface area contributed by atoms with Crippen molar-refractivity contribution in [3.8, 4) is 0 Å². The molecule has 4 heterocycles. The Hall–Kier alpha value is -4.67. The van der Waals surface area contributed by atoms with Crippen molar-refractivity contribution < 1.29 is 13.5 Å². The van der Waals surface area contributed by atoms with Crippen LogP contribution in [0.4, 0.5) is 11.4 Å². The fourth-order valence-electron chi connectivity index (χ4n) is 9.69. The van der Waals surface area contributed by atoms with Crippen molar-refractivity contribution in [3.63, 3.8) is 0 Å². The Labute approximate surface area is 313 Å². The average molecular weight is 731 g/mol. The fraction of sp³-hybridized carbons (Fsp3) is 0.395. The number of allylic oxidation sites excluding steroid dienone is 2. The lowest BCUT2D eigenvalue weighted by molar-refractivity contribution is -0.0795. The molecule has 1 fully saturated rings. The Morgan fingerprint density at radius 1 is 0.792 bits per heavy atom. The molecule has 10 heteroatoms. The van der Waals surface area contributed by atoms with Gasteiger partial charge in [-0.1, -0.05) is 60.2 Å². The molecular formula is C43H50N6O3S. The number of para-hydroxylation sites is 2. The maximum absolute atomic E-state index is 13.7. The summed E-state index contributed by atoms with van der Waals surface area (Å²) in [5.74, 6) is 1.81. The Balaban J connectivity index is 0.000000164. The first-order chi connectivity index (χ1) is 25.6. The minimum Gasteiger partial charge on any atom is -0.385 e. The Kier molecular flexibility index (Phi) is 9.10. The Morgan fingerprint density at radius 3 is 2.28 bits per heavy atom. The number of aliphatic hydroxyl groups is 1. The van der Waals surface area contributed by atoms with Gasteiger partial charge in [-0.05, 0) is 106 Å². The number of sulfonamides is 1. The molecule has 0 radical (unpaired) electrons. The number of nitrogens with zero attached hydrogens (tertiary/aromatic N) is 5. The summed E-state index contributed by atoms with van der Waals surface area (Å²) < 4.78 is 33.0. The number of imidazole rings is 2. The van der Waals surface area contributed by atoms with E-state index in [4.69, 9.17) is 0 Å². The number of nitrogens with one attached hydrogen (secondary N) is 1. The number of anilines is 2. The first-order valence-electron chi connectivity index (χ1n) is 18.9. The van der Waals surface area contributed by atoms with E-state index in [0.717, 1.165) is 42.8 Å². The molecule has 9 rings (SSSR count). The number of aryl methyl sites for hydroxylation is 3. The van der Waals surface area contributed by atoms with Crippen LogP contribution in [0.5, 0.6) is 0 Å². The van der Waals surface area contributed by atoms with Crippen LogP contribution >= 0.6 is 0 Å². The molecule has 1 saturated carbocycles. The third-order valence-electron chi connectivity index (χ3n) is 12.5. The minimum absolute atomic E-state index is 0.249. The van der Waals surface area contributed by atoms with Crippen molar-refractivity contribution in [2.24, 2.45) is 24.9 Å². The summed E-state index contributed by atoms with van der Waals surface area (Å²) in [6, 6.07) is 23.5. The second kappa shape index (κ2) is 13.6. The number of hydrogen-bond acceptors (Lipinski definition) is 6. The summed E-state index contributed by atoms with van der Waals surface area (Å²) >= 11 is 0. The van der Waals surface area contributed by atoms with Gasteiger partial charge < -0.3 is 19.6 Å². The van der Waals surface area contributed by atoms with Gasteiger partial charge in [0.1, 0.15) is 17.2 Å². The van der Waals surface area contributed by atoms with E-state index in [1.165, 1.54) is 36.1 Å². The second-order valence-corrected chi connectivity index (χ2v) is 17.5. The minimum atomic E-state index is -3.73. The zero-order valence-corrected chi connectivity index (χ0v) is 31.8. The van der Waals surface area contributed by atoms with Crippen LogP contribution in [0.1, 0.15) is 73.3 Å². The number of aromatic nitrogens is 4. The third-order valence-corrected chi connectivity index (χ3v) is 14.4. The summed E-state index contributed by atoms with van der Waals surface area (Å²) in [5.41, 5.74) is 5.56. The summed E-state index contributed by atoms with van der Waals surface area (Å²) in [6.45, 7) is 3.30. The topological polar surface area (TPSA) is 105 Å². The Bertz CT molecular complexity index is 2260. The van der Waals surface area contributed by atoms with Gasteiger partial charge in [0.2, 0.25) is 0 Å². The molecule has 2 aliphatic heterocycles. The van der Waals surface area contributed by atoms with Crippen molar-refractivity contribution in [1.82, 2.24) is 19.1 Å². The van der Waals surface area contributed by atoms with E-state index in [2.05, 4.69) is 57.2 Å². The zero-order chi connectivity index (χ0) is 36.8. The molecule has 0 saturated heterocycles. The van der Waals surface area contributed by atoms with Gasteiger partial charge in [-0.25, -0.2) is 18.4 Å². The van der Waals surface area contributed by atoms with Gasteiger partial charge in [0, 0.05) is 68.5 Å². The molecule has 0 amide bonds. The van der Waals surface area contributed by atoms with E-state index >= 15 is 0 Å². The SMILES string of the molecule is Cc1ccc(S(=O)(=O)N2CCC3(CCCC3(O)c3nccn3C)Cc3ccccc32)cc1.Cn1ccnc1C1=CCCC12CCNc1ccccc1C2. The fourth-order valence-corrected chi connectivity index (χ4v) is 11.2. The lowest BCUT2D eigenvalue weighted by atomic mass is 9.68. The number of rotatable bonds is 4. The lowest BCUT2D eigenvalue weighted by Gasteiger charge is -2.41. The second-order valence-electron chi connectivity index (χ2n) is 15.6. The smallest absolute Gasteiger partial charge is 0.264 e. The van der Waals surface area contributed by atoms with Crippen molar-refractivity contribution in [3.05, 3.63) is 132 Å². The third kappa shape index (κ3) is 6.09. The number of hydrogen-bond donors (Lipinski definition) is 2. The first-order valence-corrected chi connectivity index (χ1v) is 20.4. The van der Waals surface area contributed by atoms with Crippen molar-refractivity contribution in [1.29, 1.82) is 0 Å². The molecular weight excluding hydrogens is 681 g/mol. The normalized spacial score (nSPS) is 25.1. The summed E-state index contributed by atoms with van der Waals surface area (Å²) in [6.07, 6.45) is 18.2. The van der Waals surface area contributed by atoms with Gasteiger partial charge in [-0.3, -0.25) is 4.31 Å². The van der Waals surface area contributed by atoms with E-state index in [1.807, 2.05) is 73.5 Å². The molecule has 9 nitrogen and oxygen atoms in total. The molecule has 3 aromatic carbocycles. The van der Waals surface area contributed by atoms with Gasteiger partial charge in [0.25, 0.3) is 10.0 Å². The van der Waals surface area contributed by atoms with Gasteiger partial charge in [0.05, 0.1) is 10.6 Å². The highest BCUT2D eigenvalue weighted by atomic mass is 32.2. The van der Waals surface area contributed by atoms with Crippen molar-refractivity contribution in [2.75, 3.05) is 22.7 Å². The largest absolute Gasteiger partial charge is 0.385 e. The molecule has 53 heavy (non-hydrogen) atoms. The maximum atomic E-state index is 13.7. The molecule has 2 spiro atoms. The van der Waals surface area contributed by atoms with Gasteiger partial charge in [-0.2, -0.15) is 0 Å². The maximum Gasteiger partial charge on any atom is 0.264 e. The standard InChI is InChI=1S/C25H29N3O3S.C18H21N3/c1-19-8-10-21(11-9-19)32(30,31)28-16-14-24(18-20-6-3-4-7-22(20)28)12-5-13-25(24,29)23-26-15-17-27(23)2;1-21-12-11-20-17(21)15-6-4-8-18(15)9-10-19-16-7-3-2-5-14(16)13-18/h3-4,6-11,15,17,29H,5,12-14,16,18H2,1-2H3;2-3,5-7,11-12,19H,4,8-10,13H2,1H3. The molecule has 4 aliphatic rings. The molecule has 0 bridgehead atoms. The quantitative estimate of drug-likeness (QED) is 0.198. The summed E-state index contributed by atoms with van der Waals surface area (Å²) in [4.78, 5) is 9.41. The van der Waals surface area contributed by atoms with Crippen molar-refractivity contribution in [2.45, 2.75) is 75.2 Å². The van der Waals surface area contributed by atoms with Crippen LogP contribution < -0.4 is 9.62 Å². The van der Waals surface area contributed by atoms with Crippen LogP contribution in [-0.2, 0) is 42.6 Å². The van der Waals surface area contributed by atoms with E-state index in [-0.39, 0.29) is 5.41 Å². The Morgan fingerprint density at radius 2 is 1.53 bits per heavy atom. The molecule has 2 aliphatic carbocycles. The van der Waals surface area contributed by atoms with Crippen LogP contribution in [0.15, 0.2) is 109 Å². The predicted molar refractivity (Wildman–Crippen MR) is 210 cm³/mol. The molecule has 3 atom stereocenters. The first kappa shape index (κ1) is 35.4. The lowest BCUT2D eigenvalue weighted by Crippen LogP contribution is -2.45. The van der Waals surface area contributed by atoms with Crippen molar-refractivity contribution >= 4 is 27.0 Å². The van der Waals surface area contributed by atoms with E-state index in [1.54, 1.807) is 22.6 Å². The van der Waals surface area contributed by atoms with Crippen LogP contribution in [-0.4, -0.2) is 45.7 Å². The van der Waals surface area contributed by atoms with Gasteiger partial charge in [-0.15, -0.1) is 0 Å². The number of fused-ring (bicyclic) bond motifs is 2. The molecule has 2 aromatic heterocycles. The molecule has 2 N–H and O–H groups in total. The predicted octanol–water partition coefficient (Wildman–Crippen LogP) is 7.57. The average Bonchev–Trinajstić information content (AvgIpc) is 3.89. The summed E-state index contributed by atoms with van der Waals surface area (Å²) in [7, 11) is 0.273. The summed E-state index contributed by atoms with van der Waals surface area (Å²) in [5, 5.41) is 15.6. The van der Waals surface area contributed by atoms with Gasteiger partial charge in [0.15, 0.2) is 0 Å². The highest BCUT2D eigenvalue weighted by Gasteiger charge is 2.58. The number of benzene rings is 3. The molecule has 3 unspecified atom stereocenters. The van der Waals surface area contributed by atoms with E-state index in [9.17, 15) is 13.5 Å². The zero-order valence-electron chi connectivity index (χ0n) is 31.0. The van der Waals surface area contributed by atoms with Crippen LogP contribution in [0, 0.1) is 17.8 Å². The van der Waals surface area contributed by atoms with Crippen LogP contribution in [0.2, 0.25) is 0 Å². The van der Waals surface area contributed by atoms with E-state index < -0.39 is 21.0 Å².